The molecule has 1 fully saturated rings. The molecule has 0 aromatic heterocycles. The first-order valence-corrected chi connectivity index (χ1v) is 11.4. The fraction of sp³-hybridized carbons (Fsp3) is 0.409. The van der Waals surface area contributed by atoms with E-state index in [0.717, 1.165) is 5.56 Å². The first-order valence-electron chi connectivity index (χ1n) is 9.60. The van der Waals surface area contributed by atoms with Crippen LogP contribution >= 0.6 is 0 Å². The highest BCUT2D eigenvalue weighted by atomic mass is 32.2. The van der Waals surface area contributed by atoms with Crippen LogP contribution in [0.3, 0.4) is 0 Å². The first-order chi connectivity index (χ1) is 13.3. The van der Waals surface area contributed by atoms with Crippen molar-refractivity contribution in [1.29, 1.82) is 0 Å². The van der Waals surface area contributed by atoms with E-state index in [1.54, 1.807) is 4.90 Å². The van der Waals surface area contributed by atoms with Crippen LogP contribution in [0.4, 0.5) is 0 Å². The monoisotopic (exact) mass is 401 g/mol. The average molecular weight is 402 g/mol. The van der Waals surface area contributed by atoms with Gasteiger partial charge in [0.15, 0.2) is 16.4 Å². The van der Waals surface area contributed by atoms with E-state index in [-0.39, 0.29) is 30.1 Å². The zero-order valence-electron chi connectivity index (χ0n) is 16.4. The van der Waals surface area contributed by atoms with Gasteiger partial charge < -0.3 is 9.64 Å². The Morgan fingerprint density at radius 2 is 1.79 bits per heavy atom. The Labute approximate surface area is 167 Å². The van der Waals surface area contributed by atoms with Crippen LogP contribution in [-0.2, 0) is 21.2 Å². The summed E-state index contributed by atoms with van der Waals surface area (Å²) in [6.45, 7) is 4.52. The summed E-state index contributed by atoms with van der Waals surface area (Å²) in [5.74, 6) is 1.03. The molecule has 1 unspecified atom stereocenters. The predicted octanol–water partition coefficient (Wildman–Crippen LogP) is 3.40. The Hall–Kier alpha value is -2.34. The van der Waals surface area contributed by atoms with Gasteiger partial charge in [0.05, 0.1) is 11.5 Å². The Morgan fingerprint density at radius 3 is 2.36 bits per heavy atom. The fourth-order valence-electron chi connectivity index (χ4n) is 3.40. The van der Waals surface area contributed by atoms with Crippen LogP contribution in [0.25, 0.3) is 0 Å². The van der Waals surface area contributed by atoms with Crippen molar-refractivity contribution in [1.82, 2.24) is 4.90 Å². The highest BCUT2D eigenvalue weighted by Crippen LogP contribution is 2.22. The second-order valence-corrected chi connectivity index (χ2v) is 9.81. The number of sulfone groups is 1. The van der Waals surface area contributed by atoms with Crippen molar-refractivity contribution in [3.63, 3.8) is 0 Å². The zero-order valence-corrected chi connectivity index (χ0v) is 17.2. The third-order valence-corrected chi connectivity index (χ3v) is 6.82. The van der Waals surface area contributed by atoms with E-state index < -0.39 is 9.84 Å². The lowest BCUT2D eigenvalue weighted by atomic mass is 10.0. The molecule has 0 spiro atoms. The number of hydrogen-bond acceptors (Lipinski definition) is 4. The maximum absolute atomic E-state index is 12.9. The summed E-state index contributed by atoms with van der Waals surface area (Å²) in [6.07, 6.45) is 0.476. The maximum atomic E-state index is 12.9. The minimum Gasteiger partial charge on any atom is -0.484 e. The number of carbonyl (C=O) groups is 1. The third kappa shape index (κ3) is 5.35. The highest BCUT2D eigenvalue weighted by Gasteiger charge is 2.34. The van der Waals surface area contributed by atoms with Crippen LogP contribution in [0.15, 0.2) is 54.6 Å². The molecule has 1 aliphatic rings. The van der Waals surface area contributed by atoms with Crippen LogP contribution in [0.5, 0.6) is 5.75 Å². The molecule has 1 heterocycles. The Bertz CT molecular complexity index is 892. The second kappa shape index (κ2) is 8.78. The van der Waals surface area contributed by atoms with Crippen molar-refractivity contribution in [2.75, 3.05) is 18.1 Å². The van der Waals surface area contributed by atoms with E-state index in [4.69, 9.17) is 4.74 Å². The van der Waals surface area contributed by atoms with Gasteiger partial charge in [0.25, 0.3) is 5.91 Å². The smallest absolute Gasteiger partial charge is 0.261 e. The Kier molecular flexibility index (Phi) is 6.39. The van der Waals surface area contributed by atoms with Gasteiger partial charge in [-0.2, -0.15) is 0 Å². The lowest BCUT2D eigenvalue weighted by Gasteiger charge is -2.28. The molecular weight excluding hydrogens is 374 g/mol. The number of nitrogens with zero attached hydrogens (tertiary/aromatic N) is 1. The van der Waals surface area contributed by atoms with Gasteiger partial charge in [-0.15, -0.1) is 0 Å². The van der Waals surface area contributed by atoms with Crippen molar-refractivity contribution in [2.45, 2.75) is 38.8 Å². The largest absolute Gasteiger partial charge is 0.484 e. The second-order valence-electron chi connectivity index (χ2n) is 7.58. The van der Waals surface area contributed by atoms with E-state index in [2.05, 4.69) is 13.8 Å². The van der Waals surface area contributed by atoms with Crippen LogP contribution in [0.1, 0.15) is 37.3 Å². The highest BCUT2D eigenvalue weighted by molar-refractivity contribution is 7.91. The number of benzene rings is 2. The molecule has 28 heavy (non-hydrogen) atoms. The first kappa shape index (κ1) is 20.4. The summed E-state index contributed by atoms with van der Waals surface area (Å²) in [5.41, 5.74) is 2.18. The molecule has 2 aromatic rings. The molecule has 3 rings (SSSR count). The summed E-state index contributed by atoms with van der Waals surface area (Å²) < 4.78 is 29.5. The van der Waals surface area contributed by atoms with E-state index in [1.807, 2.05) is 54.6 Å². The van der Waals surface area contributed by atoms with Gasteiger partial charge in [-0.05, 0) is 35.6 Å². The number of rotatable bonds is 7. The van der Waals surface area contributed by atoms with Gasteiger partial charge in [0.1, 0.15) is 5.75 Å². The minimum atomic E-state index is -3.08. The number of ether oxygens (including phenoxy) is 1. The average Bonchev–Trinajstić information content (AvgIpc) is 3.04. The normalized spacial score (nSPS) is 18.2. The zero-order chi connectivity index (χ0) is 20.1. The van der Waals surface area contributed by atoms with E-state index in [9.17, 15) is 13.2 Å². The predicted molar refractivity (Wildman–Crippen MR) is 110 cm³/mol. The van der Waals surface area contributed by atoms with Crippen LogP contribution < -0.4 is 4.74 Å². The third-order valence-electron chi connectivity index (χ3n) is 5.07. The molecular formula is C22H27NO4S. The van der Waals surface area contributed by atoms with Crippen molar-refractivity contribution in [3.05, 3.63) is 65.7 Å². The van der Waals surface area contributed by atoms with Crippen molar-refractivity contribution in [3.8, 4) is 5.75 Å². The lowest BCUT2D eigenvalue weighted by Crippen LogP contribution is -2.43. The number of carbonyl (C=O) groups excluding carboxylic acids is 1. The lowest BCUT2D eigenvalue weighted by molar-refractivity contribution is -0.136. The molecule has 1 aliphatic heterocycles. The van der Waals surface area contributed by atoms with Crippen molar-refractivity contribution in [2.24, 2.45) is 0 Å². The van der Waals surface area contributed by atoms with E-state index in [1.165, 1.54) is 5.56 Å². The quantitative estimate of drug-likeness (QED) is 0.713. The van der Waals surface area contributed by atoms with Gasteiger partial charge in [0, 0.05) is 12.6 Å². The number of hydrogen-bond donors (Lipinski definition) is 0. The van der Waals surface area contributed by atoms with Crippen molar-refractivity contribution < 1.29 is 17.9 Å². The molecule has 1 saturated heterocycles. The van der Waals surface area contributed by atoms with Gasteiger partial charge in [-0.25, -0.2) is 8.42 Å². The van der Waals surface area contributed by atoms with Crippen LogP contribution in [0, 0.1) is 0 Å². The van der Waals surface area contributed by atoms with Crippen LogP contribution in [0.2, 0.25) is 0 Å². The van der Waals surface area contributed by atoms with Crippen LogP contribution in [-0.4, -0.2) is 43.4 Å². The topological polar surface area (TPSA) is 63.7 Å². The SMILES string of the molecule is CC(C)c1ccc(OCC(=O)N(Cc2ccccc2)C2CCS(=O)(=O)C2)cc1. The molecule has 0 N–H and O–H groups in total. The summed E-state index contributed by atoms with van der Waals surface area (Å²) in [6, 6.07) is 17.0. The van der Waals surface area contributed by atoms with Gasteiger partial charge in [0.2, 0.25) is 0 Å². The standard InChI is InChI=1S/C22H27NO4S/c1-17(2)19-8-10-21(11-9-19)27-15-22(24)23(14-18-6-4-3-5-7-18)20-12-13-28(25,26)16-20/h3-11,17,20H,12-16H2,1-2H3. The fourth-order valence-corrected chi connectivity index (χ4v) is 5.13. The maximum Gasteiger partial charge on any atom is 0.261 e. The molecule has 6 heteroatoms. The van der Waals surface area contributed by atoms with Gasteiger partial charge >= 0.3 is 0 Å². The molecule has 1 amide bonds. The molecule has 150 valence electrons. The Morgan fingerprint density at radius 1 is 1.11 bits per heavy atom. The van der Waals surface area contributed by atoms with Crippen molar-refractivity contribution >= 4 is 15.7 Å². The van der Waals surface area contributed by atoms with Gasteiger partial charge in [-0.1, -0.05) is 56.3 Å². The molecule has 1 atom stereocenters. The number of amides is 1. The Balaban J connectivity index is 1.69. The molecule has 0 bridgehead atoms. The summed E-state index contributed by atoms with van der Waals surface area (Å²) in [7, 11) is -3.08. The molecule has 0 radical (unpaired) electrons. The van der Waals surface area contributed by atoms with E-state index >= 15 is 0 Å². The summed E-state index contributed by atoms with van der Waals surface area (Å²) in [5, 5.41) is 0. The van der Waals surface area contributed by atoms with E-state index in [0.29, 0.717) is 24.6 Å². The minimum absolute atomic E-state index is 0.0225. The molecule has 5 nitrogen and oxygen atoms in total. The summed E-state index contributed by atoms with van der Waals surface area (Å²) >= 11 is 0. The summed E-state index contributed by atoms with van der Waals surface area (Å²) in [4.78, 5) is 14.6. The van der Waals surface area contributed by atoms with Gasteiger partial charge in [-0.3, -0.25) is 4.79 Å². The molecule has 0 aliphatic carbocycles. The molecule has 2 aromatic carbocycles. The molecule has 0 saturated carbocycles.